The van der Waals surface area contributed by atoms with Crippen molar-refractivity contribution in [2.24, 2.45) is 0 Å². The van der Waals surface area contributed by atoms with Crippen LogP contribution >= 0.6 is 11.6 Å². The van der Waals surface area contributed by atoms with Crippen molar-refractivity contribution in [1.82, 2.24) is 15.0 Å². The zero-order valence-corrected chi connectivity index (χ0v) is 10.0. The van der Waals surface area contributed by atoms with E-state index in [1.807, 2.05) is 0 Å². The first-order valence-corrected chi connectivity index (χ1v) is 5.34. The molecule has 0 aliphatic heterocycles. The van der Waals surface area contributed by atoms with E-state index in [9.17, 15) is 14.9 Å². The number of pyridine rings is 1. The van der Waals surface area contributed by atoms with Crippen LogP contribution in [0.15, 0.2) is 30.7 Å². The lowest BCUT2D eigenvalue weighted by atomic mass is 10.2. The Bertz CT molecular complexity index is 634. The summed E-state index contributed by atoms with van der Waals surface area (Å²) in [5, 5.41) is 12.8. The smallest absolute Gasteiger partial charge is 0.290 e. The van der Waals surface area contributed by atoms with Gasteiger partial charge in [0.1, 0.15) is 5.56 Å². The van der Waals surface area contributed by atoms with Crippen molar-refractivity contribution in [2.45, 2.75) is 0 Å². The van der Waals surface area contributed by atoms with Crippen molar-refractivity contribution in [3.05, 3.63) is 51.6 Å². The van der Waals surface area contributed by atoms with E-state index in [2.05, 4.69) is 20.3 Å². The number of hydrogen-bond donors (Lipinski definition) is 1. The van der Waals surface area contributed by atoms with Gasteiger partial charge in [0, 0.05) is 18.6 Å². The summed E-state index contributed by atoms with van der Waals surface area (Å²) in [4.78, 5) is 33.1. The van der Waals surface area contributed by atoms with Gasteiger partial charge in [-0.3, -0.25) is 20.2 Å². The molecule has 0 radical (unpaired) electrons. The normalized spacial score (nSPS) is 9.95. The number of halogens is 1. The molecular formula is C10H6ClN5O3. The molecule has 0 aromatic carbocycles. The number of carbonyl (C=O) groups is 1. The van der Waals surface area contributed by atoms with Crippen LogP contribution in [0.1, 0.15) is 10.4 Å². The number of nitrogens with zero attached hydrogens (tertiary/aromatic N) is 4. The summed E-state index contributed by atoms with van der Waals surface area (Å²) in [5.41, 5.74) is -0.768. The van der Waals surface area contributed by atoms with Crippen LogP contribution in [0.25, 0.3) is 0 Å². The summed E-state index contributed by atoms with van der Waals surface area (Å²) in [6.45, 7) is 0. The van der Waals surface area contributed by atoms with Gasteiger partial charge in [-0.15, -0.1) is 0 Å². The molecule has 1 N–H and O–H groups in total. The second-order valence-corrected chi connectivity index (χ2v) is 3.64. The highest BCUT2D eigenvalue weighted by atomic mass is 35.5. The van der Waals surface area contributed by atoms with Crippen molar-refractivity contribution < 1.29 is 9.72 Å². The van der Waals surface area contributed by atoms with Crippen LogP contribution in [-0.2, 0) is 0 Å². The molecule has 96 valence electrons. The predicted molar refractivity (Wildman–Crippen MR) is 65.9 cm³/mol. The second-order valence-electron chi connectivity index (χ2n) is 3.28. The van der Waals surface area contributed by atoms with Crippen molar-refractivity contribution in [1.29, 1.82) is 0 Å². The van der Waals surface area contributed by atoms with Gasteiger partial charge in [-0.25, -0.2) is 15.0 Å². The second kappa shape index (κ2) is 5.36. The fourth-order valence-electron chi connectivity index (χ4n) is 1.32. The van der Waals surface area contributed by atoms with Gasteiger partial charge in [-0.05, 0) is 12.1 Å². The highest BCUT2D eigenvalue weighted by Crippen LogP contribution is 2.26. The lowest BCUT2D eigenvalue weighted by Crippen LogP contribution is -2.16. The van der Waals surface area contributed by atoms with Crippen LogP contribution in [0, 0.1) is 10.1 Å². The molecule has 0 atom stereocenters. The number of aromatic nitrogens is 3. The van der Waals surface area contributed by atoms with E-state index in [0.717, 1.165) is 0 Å². The van der Waals surface area contributed by atoms with Crippen LogP contribution in [0.4, 0.5) is 11.6 Å². The van der Waals surface area contributed by atoms with Gasteiger partial charge in [0.25, 0.3) is 5.91 Å². The molecule has 1 amide bonds. The number of rotatable bonds is 3. The van der Waals surface area contributed by atoms with Crippen LogP contribution in [-0.4, -0.2) is 25.8 Å². The monoisotopic (exact) mass is 279 g/mol. The van der Waals surface area contributed by atoms with Crippen LogP contribution in [0.5, 0.6) is 0 Å². The Balaban J connectivity index is 2.35. The third kappa shape index (κ3) is 2.80. The molecule has 9 heteroatoms. The number of carbonyl (C=O) groups excluding carboxylic acids is 1. The molecule has 0 saturated heterocycles. The average Bonchev–Trinajstić information content (AvgIpc) is 2.39. The van der Waals surface area contributed by atoms with Crippen LogP contribution < -0.4 is 5.32 Å². The van der Waals surface area contributed by atoms with E-state index < -0.39 is 16.5 Å². The maximum Gasteiger partial charge on any atom is 0.319 e. The summed E-state index contributed by atoms with van der Waals surface area (Å²) < 4.78 is 0. The minimum Gasteiger partial charge on any atom is -0.290 e. The molecule has 0 fully saturated rings. The zero-order chi connectivity index (χ0) is 13.8. The number of amides is 1. The molecule has 0 aliphatic carbocycles. The number of hydrogen-bond acceptors (Lipinski definition) is 6. The Morgan fingerprint density at radius 2 is 1.95 bits per heavy atom. The molecule has 2 heterocycles. The lowest BCUT2D eigenvalue weighted by Gasteiger charge is -2.04. The summed E-state index contributed by atoms with van der Waals surface area (Å²) in [6, 6.07) is 2.77. The van der Waals surface area contributed by atoms with E-state index in [1.165, 1.54) is 24.7 Å². The molecular weight excluding hydrogens is 274 g/mol. The van der Waals surface area contributed by atoms with Crippen molar-refractivity contribution in [2.75, 3.05) is 5.32 Å². The van der Waals surface area contributed by atoms with E-state index in [-0.39, 0.29) is 16.7 Å². The minimum atomic E-state index is -0.768. The van der Waals surface area contributed by atoms with Gasteiger partial charge in [-0.1, -0.05) is 11.6 Å². The molecule has 0 spiro atoms. The Morgan fingerprint density at radius 3 is 2.58 bits per heavy atom. The first-order chi connectivity index (χ1) is 9.09. The zero-order valence-electron chi connectivity index (χ0n) is 9.28. The fourth-order valence-corrected chi connectivity index (χ4v) is 1.55. The highest BCUT2D eigenvalue weighted by Gasteiger charge is 2.25. The summed E-state index contributed by atoms with van der Waals surface area (Å²) in [5.74, 6) is -0.697. The Morgan fingerprint density at radius 1 is 1.26 bits per heavy atom. The van der Waals surface area contributed by atoms with Crippen molar-refractivity contribution in [3.63, 3.8) is 0 Å². The maximum absolute atomic E-state index is 11.9. The molecule has 0 bridgehead atoms. The molecule has 0 saturated carbocycles. The molecule has 19 heavy (non-hydrogen) atoms. The highest BCUT2D eigenvalue weighted by molar-refractivity contribution is 6.32. The third-order valence-electron chi connectivity index (χ3n) is 2.10. The topological polar surface area (TPSA) is 111 Å². The first-order valence-electron chi connectivity index (χ1n) is 4.97. The average molecular weight is 280 g/mol. The standard InChI is InChI=1S/C10H6ClN5O3/c11-8-7(16(18)19)6(2-5-12-8)9(17)15-10-13-3-1-4-14-10/h1-5H,(H,13,14,15,17). The molecule has 8 nitrogen and oxygen atoms in total. The van der Waals surface area contributed by atoms with Gasteiger partial charge in [0.2, 0.25) is 11.1 Å². The molecule has 2 aromatic rings. The van der Waals surface area contributed by atoms with Gasteiger partial charge >= 0.3 is 5.69 Å². The number of nitrogens with one attached hydrogen (secondary N) is 1. The molecule has 2 rings (SSSR count). The van der Waals surface area contributed by atoms with Gasteiger partial charge in [0.05, 0.1) is 4.92 Å². The fraction of sp³-hybridized carbons (Fsp3) is 0. The Labute approximate surface area is 111 Å². The number of nitro groups is 1. The van der Waals surface area contributed by atoms with Gasteiger partial charge in [-0.2, -0.15) is 0 Å². The molecule has 2 aromatic heterocycles. The molecule has 0 aliphatic rings. The van der Waals surface area contributed by atoms with E-state index in [1.54, 1.807) is 6.07 Å². The summed E-state index contributed by atoms with van der Waals surface area (Å²) >= 11 is 5.61. The number of anilines is 1. The SMILES string of the molecule is O=C(Nc1ncccn1)c1ccnc(Cl)c1[N+](=O)[O-]. The Kier molecular flexibility index (Phi) is 3.62. The lowest BCUT2D eigenvalue weighted by molar-refractivity contribution is -0.385. The van der Waals surface area contributed by atoms with Crippen LogP contribution in [0.2, 0.25) is 5.15 Å². The maximum atomic E-state index is 11.9. The third-order valence-corrected chi connectivity index (χ3v) is 2.37. The minimum absolute atomic E-state index is 0.0368. The molecule has 0 unspecified atom stereocenters. The van der Waals surface area contributed by atoms with E-state index >= 15 is 0 Å². The summed E-state index contributed by atoms with van der Waals surface area (Å²) in [7, 11) is 0. The van der Waals surface area contributed by atoms with E-state index in [4.69, 9.17) is 11.6 Å². The predicted octanol–water partition coefficient (Wildman–Crippen LogP) is 1.69. The largest absolute Gasteiger partial charge is 0.319 e. The van der Waals surface area contributed by atoms with Gasteiger partial charge < -0.3 is 0 Å². The van der Waals surface area contributed by atoms with Crippen molar-refractivity contribution in [3.8, 4) is 0 Å². The quantitative estimate of drug-likeness (QED) is 0.520. The van der Waals surface area contributed by atoms with E-state index in [0.29, 0.717) is 0 Å². The summed E-state index contributed by atoms with van der Waals surface area (Å²) in [6.07, 6.45) is 4.06. The van der Waals surface area contributed by atoms with Gasteiger partial charge in [0.15, 0.2) is 0 Å². The van der Waals surface area contributed by atoms with Crippen LogP contribution in [0.3, 0.4) is 0 Å². The Hall–Kier alpha value is -2.61. The van der Waals surface area contributed by atoms with Crippen molar-refractivity contribution >= 4 is 29.1 Å². The first kappa shape index (κ1) is 12.8.